The average Bonchev–Trinajstić information content (AvgIpc) is 2.60. The number of hydrogen-bond donors (Lipinski definition) is 1. The van der Waals surface area contributed by atoms with Crippen molar-refractivity contribution < 1.29 is 9.90 Å². The van der Waals surface area contributed by atoms with Crippen molar-refractivity contribution in [1.82, 2.24) is 19.7 Å². The van der Waals surface area contributed by atoms with Crippen LogP contribution in [0.4, 0.5) is 0 Å². The van der Waals surface area contributed by atoms with Crippen molar-refractivity contribution in [3.8, 4) is 5.82 Å². The molecule has 0 saturated carbocycles. The third-order valence-corrected chi connectivity index (χ3v) is 3.17. The predicted octanol–water partition coefficient (Wildman–Crippen LogP) is 1.52. The van der Waals surface area contributed by atoms with Gasteiger partial charge in [-0.2, -0.15) is 5.10 Å². The summed E-state index contributed by atoms with van der Waals surface area (Å²) in [5, 5.41) is 13.3. The summed E-state index contributed by atoms with van der Waals surface area (Å²) < 4.78 is 1.65. The fourth-order valence-corrected chi connectivity index (χ4v) is 1.94. The van der Waals surface area contributed by atoms with Gasteiger partial charge in [0.05, 0.1) is 29.7 Å². The Hall–Kier alpha value is -2.24. The van der Waals surface area contributed by atoms with Crippen molar-refractivity contribution in [3.63, 3.8) is 0 Å². The SMILES string of the molecule is Cc1ncc(-n2nc(C)c(CC(=O)O)c2C)nc1C. The van der Waals surface area contributed by atoms with Crippen LogP contribution >= 0.6 is 0 Å². The number of carbonyl (C=O) groups is 1. The molecule has 0 atom stereocenters. The van der Waals surface area contributed by atoms with Crippen molar-refractivity contribution in [1.29, 1.82) is 0 Å². The molecular weight excluding hydrogens is 244 g/mol. The minimum absolute atomic E-state index is 0.0318. The Bertz CT molecular complexity index is 646. The molecule has 2 aromatic rings. The molecule has 2 heterocycles. The van der Waals surface area contributed by atoms with Crippen LogP contribution in [0.15, 0.2) is 6.20 Å². The van der Waals surface area contributed by atoms with Crippen LogP contribution in [0.1, 0.15) is 28.3 Å². The van der Waals surface area contributed by atoms with Gasteiger partial charge in [-0.3, -0.25) is 9.78 Å². The Labute approximate surface area is 111 Å². The van der Waals surface area contributed by atoms with Gasteiger partial charge in [0, 0.05) is 11.3 Å². The quantitative estimate of drug-likeness (QED) is 0.905. The van der Waals surface area contributed by atoms with Crippen LogP contribution in [-0.2, 0) is 11.2 Å². The van der Waals surface area contributed by atoms with Crippen molar-refractivity contribution in [2.24, 2.45) is 0 Å². The highest BCUT2D eigenvalue weighted by atomic mass is 16.4. The number of aryl methyl sites for hydroxylation is 3. The van der Waals surface area contributed by atoms with E-state index in [9.17, 15) is 4.79 Å². The van der Waals surface area contributed by atoms with E-state index in [0.29, 0.717) is 11.5 Å². The van der Waals surface area contributed by atoms with E-state index in [0.717, 1.165) is 22.6 Å². The van der Waals surface area contributed by atoms with Gasteiger partial charge in [-0.05, 0) is 27.7 Å². The summed E-state index contributed by atoms with van der Waals surface area (Å²) in [6, 6.07) is 0. The van der Waals surface area contributed by atoms with Crippen LogP contribution in [0.5, 0.6) is 0 Å². The Balaban J connectivity index is 2.51. The normalized spacial score (nSPS) is 10.7. The van der Waals surface area contributed by atoms with E-state index in [2.05, 4.69) is 15.1 Å². The number of carboxylic acids is 1. The molecule has 0 aliphatic heterocycles. The number of aromatic nitrogens is 4. The fraction of sp³-hybridized carbons (Fsp3) is 0.385. The van der Waals surface area contributed by atoms with E-state index in [1.807, 2.05) is 20.8 Å². The van der Waals surface area contributed by atoms with Crippen LogP contribution < -0.4 is 0 Å². The lowest BCUT2D eigenvalue weighted by molar-refractivity contribution is -0.136. The standard InChI is InChI=1S/C13H16N4O2/c1-7-8(2)15-12(6-14-7)17-10(4)11(5-13(18)19)9(3)16-17/h6H,5H2,1-4H3,(H,18,19). The Morgan fingerprint density at radius 3 is 2.47 bits per heavy atom. The zero-order valence-electron chi connectivity index (χ0n) is 11.4. The predicted molar refractivity (Wildman–Crippen MR) is 69.4 cm³/mol. The lowest BCUT2D eigenvalue weighted by atomic mass is 10.1. The number of nitrogens with zero attached hydrogens (tertiary/aromatic N) is 4. The average molecular weight is 260 g/mol. The summed E-state index contributed by atoms with van der Waals surface area (Å²) in [6.07, 6.45) is 1.61. The van der Waals surface area contributed by atoms with E-state index in [-0.39, 0.29) is 6.42 Å². The summed E-state index contributed by atoms with van der Waals surface area (Å²) in [6.45, 7) is 7.42. The molecule has 0 amide bonds. The third kappa shape index (κ3) is 2.47. The molecule has 0 saturated heterocycles. The Morgan fingerprint density at radius 2 is 1.89 bits per heavy atom. The van der Waals surface area contributed by atoms with Crippen molar-refractivity contribution in [3.05, 3.63) is 34.5 Å². The Kier molecular flexibility index (Phi) is 3.33. The maximum Gasteiger partial charge on any atom is 0.307 e. The number of carboxylic acid groups (broad SMARTS) is 1. The minimum atomic E-state index is -0.864. The largest absolute Gasteiger partial charge is 0.481 e. The van der Waals surface area contributed by atoms with Crippen LogP contribution in [-0.4, -0.2) is 30.8 Å². The number of aliphatic carboxylic acids is 1. The summed E-state index contributed by atoms with van der Waals surface area (Å²) in [4.78, 5) is 19.5. The van der Waals surface area contributed by atoms with E-state index < -0.39 is 5.97 Å². The van der Waals surface area contributed by atoms with Crippen LogP contribution in [0.25, 0.3) is 5.82 Å². The van der Waals surface area contributed by atoms with E-state index >= 15 is 0 Å². The van der Waals surface area contributed by atoms with E-state index in [4.69, 9.17) is 5.11 Å². The highest BCUT2D eigenvalue weighted by Gasteiger charge is 2.16. The zero-order valence-corrected chi connectivity index (χ0v) is 11.4. The lowest BCUT2D eigenvalue weighted by Gasteiger charge is -2.06. The van der Waals surface area contributed by atoms with Crippen LogP contribution in [0, 0.1) is 27.7 Å². The van der Waals surface area contributed by atoms with Crippen molar-refractivity contribution >= 4 is 5.97 Å². The second kappa shape index (κ2) is 4.79. The first-order chi connectivity index (χ1) is 8.90. The number of rotatable bonds is 3. The molecule has 19 heavy (non-hydrogen) atoms. The van der Waals surface area contributed by atoms with Crippen LogP contribution in [0.2, 0.25) is 0 Å². The van der Waals surface area contributed by atoms with Crippen molar-refractivity contribution in [2.45, 2.75) is 34.1 Å². The lowest BCUT2D eigenvalue weighted by Crippen LogP contribution is -2.06. The van der Waals surface area contributed by atoms with Crippen LogP contribution in [0.3, 0.4) is 0 Å². The molecule has 0 unspecified atom stereocenters. The molecule has 0 radical (unpaired) electrons. The molecular formula is C13H16N4O2. The molecule has 100 valence electrons. The maximum atomic E-state index is 10.9. The Morgan fingerprint density at radius 1 is 1.21 bits per heavy atom. The zero-order chi connectivity index (χ0) is 14.2. The molecule has 0 aromatic carbocycles. The van der Waals surface area contributed by atoms with E-state index in [1.54, 1.807) is 17.8 Å². The minimum Gasteiger partial charge on any atom is -0.481 e. The highest BCUT2D eigenvalue weighted by Crippen LogP contribution is 2.17. The van der Waals surface area contributed by atoms with Gasteiger partial charge in [-0.1, -0.05) is 0 Å². The molecule has 2 rings (SSSR count). The van der Waals surface area contributed by atoms with Gasteiger partial charge in [0.25, 0.3) is 0 Å². The topological polar surface area (TPSA) is 80.9 Å². The fourth-order valence-electron chi connectivity index (χ4n) is 1.94. The smallest absolute Gasteiger partial charge is 0.307 e. The third-order valence-electron chi connectivity index (χ3n) is 3.17. The summed E-state index contributed by atoms with van der Waals surface area (Å²) >= 11 is 0. The second-order valence-corrected chi connectivity index (χ2v) is 4.53. The van der Waals surface area contributed by atoms with Gasteiger partial charge >= 0.3 is 5.97 Å². The molecule has 0 aliphatic rings. The molecule has 0 bridgehead atoms. The maximum absolute atomic E-state index is 10.9. The molecule has 1 N–H and O–H groups in total. The van der Waals surface area contributed by atoms with Gasteiger partial charge in [0.2, 0.25) is 0 Å². The van der Waals surface area contributed by atoms with Gasteiger partial charge in [-0.25, -0.2) is 9.67 Å². The number of hydrogen-bond acceptors (Lipinski definition) is 4. The van der Waals surface area contributed by atoms with Gasteiger partial charge in [0.1, 0.15) is 0 Å². The second-order valence-electron chi connectivity index (χ2n) is 4.53. The van der Waals surface area contributed by atoms with E-state index in [1.165, 1.54) is 0 Å². The first-order valence-electron chi connectivity index (χ1n) is 5.97. The first kappa shape index (κ1) is 13.2. The molecule has 0 spiro atoms. The molecule has 6 nitrogen and oxygen atoms in total. The highest BCUT2D eigenvalue weighted by molar-refractivity contribution is 5.71. The first-order valence-corrected chi connectivity index (χ1v) is 5.97. The van der Waals surface area contributed by atoms with Gasteiger partial charge < -0.3 is 5.11 Å². The summed E-state index contributed by atoms with van der Waals surface area (Å²) in [7, 11) is 0. The molecule has 2 aromatic heterocycles. The monoisotopic (exact) mass is 260 g/mol. The molecule has 6 heteroatoms. The summed E-state index contributed by atoms with van der Waals surface area (Å²) in [5.74, 6) is -0.253. The molecule has 0 aliphatic carbocycles. The van der Waals surface area contributed by atoms with Gasteiger partial charge in [0.15, 0.2) is 5.82 Å². The van der Waals surface area contributed by atoms with Crippen molar-refractivity contribution in [2.75, 3.05) is 0 Å². The summed E-state index contributed by atoms with van der Waals surface area (Å²) in [5.41, 5.74) is 3.94. The van der Waals surface area contributed by atoms with Gasteiger partial charge in [-0.15, -0.1) is 0 Å². The molecule has 0 fully saturated rings.